The van der Waals surface area contributed by atoms with E-state index in [1.165, 1.54) is 43.4 Å². The van der Waals surface area contributed by atoms with Gasteiger partial charge in [-0.25, -0.2) is 9.97 Å². The Bertz CT molecular complexity index is 1170. The van der Waals surface area contributed by atoms with E-state index in [-0.39, 0.29) is 17.1 Å². The molecular formula is C24H25F3N6O2. The second-order valence-corrected chi connectivity index (χ2v) is 7.54. The first-order valence-electron chi connectivity index (χ1n) is 10.7. The maximum Gasteiger partial charge on any atom is 0.416 e. The van der Waals surface area contributed by atoms with Gasteiger partial charge in [0.25, 0.3) is 5.91 Å². The summed E-state index contributed by atoms with van der Waals surface area (Å²) in [5.41, 5.74) is 6.12. The molecule has 1 aromatic heterocycles. The van der Waals surface area contributed by atoms with Crippen LogP contribution in [0.25, 0.3) is 0 Å². The topological polar surface area (TPSA) is 126 Å². The summed E-state index contributed by atoms with van der Waals surface area (Å²) in [5.74, 6) is -0.141. The second kappa shape index (κ2) is 11.4. The van der Waals surface area contributed by atoms with Crippen molar-refractivity contribution in [3.8, 4) is 0 Å². The molecule has 11 heteroatoms. The van der Waals surface area contributed by atoms with Crippen molar-refractivity contribution in [1.82, 2.24) is 9.97 Å². The Kier molecular flexibility index (Phi) is 8.37. The third-order valence-corrected chi connectivity index (χ3v) is 5.07. The molecule has 0 unspecified atom stereocenters. The SMILES string of the molecule is C1CCOC1.CNc1ncnc(N)c1C(=N)c1ccc(NC(=O)c2cccc(C(F)(F)F)c2)cc1. The van der Waals surface area contributed by atoms with Crippen molar-refractivity contribution >= 4 is 28.9 Å². The van der Waals surface area contributed by atoms with Gasteiger partial charge in [-0.2, -0.15) is 13.2 Å². The van der Waals surface area contributed by atoms with Crippen LogP contribution < -0.4 is 16.4 Å². The largest absolute Gasteiger partial charge is 0.416 e. The lowest BCUT2D eigenvalue weighted by Gasteiger charge is -2.12. The van der Waals surface area contributed by atoms with Crippen molar-refractivity contribution in [3.05, 3.63) is 77.1 Å². The minimum absolute atomic E-state index is 0.0770. The number of hydrogen-bond acceptors (Lipinski definition) is 7. The minimum Gasteiger partial charge on any atom is -0.383 e. The zero-order chi connectivity index (χ0) is 25.4. The zero-order valence-electron chi connectivity index (χ0n) is 18.9. The summed E-state index contributed by atoms with van der Waals surface area (Å²) in [5, 5.41) is 13.8. The van der Waals surface area contributed by atoms with Crippen LogP contribution in [0.2, 0.25) is 0 Å². The van der Waals surface area contributed by atoms with Crippen LogP contribution >= 0.6 is 0 Å². The number of benzene rings is 2. The molecular weight excluding hydrogens is 461 g/mol. The van der Waals surface area contributed by atoms with Crippen molar-refractivity contribution in [2.45, 2.75) is 19.0 Å². The van der Waals surface area contributed by atoms with Crippen LogP contribution in [0.15, 0.2) is 54.9 Å². The number of rotatable bonds is 5. The molecule has 1 saturated heterocycles. The summed E-state index contributed by atoms with van der Waals surface area (Å²) in [7, 11) is 1.64. The molecule has 1 fully saturated rings. The van der Waals surface area contributed by atoms with Gasteiger partial charge in [-0.15, -0.1) is 0 Å². The third-order valence-electron chi connectivity index (χ3n) is 5.07. The highest BCUT2D eigenvalue weighted by molar-refractivity contribution is 6.16. The first-order chi connectivity index (χ1) is 16.7. The maximum absolute atomic E-state index is 12.8. The number of carbonyl (C=O) groups is 1. The normalized spacial score (nSPS) is 12.9. The number of nitrogen functional groups attached to an aromatic ring is 1. The van der Waals surface area contributed by atoms with Crippen LogP contribution in [0.3, 0.4) is 0 Å². The molecule has 0 radical (unpaired) electrons. The predicted octanol–water partition coefficient (Wildman–Crippen LogP) is 4.58. The van der Waals surface area contributed by atoms with E-state index in [4.69, 9.17) is 15.9 Å². The highest BCUT2D eigenvalue weighted by atomic mass is 19.4. The van der Waals surface area contributed by atoms with Crippen molar-refractivity contribution in [3.63, 3.8) is 0 Å². The van der Waals surface area contributed by atoms with Crippen molar-refractivity contribution in [2.24, 2.45) is 0 Å². The number of anilines is 3. The van der Waals surface area contributed by atoms with Crippen LogP contribution in [0, 0.1) is 5.41 Å². The number of halogens is 3. The van der Waals surface area contributed by atoms with Crippen LogP contribution in [-0.4, -0.2) is 41.8 Å². The highest BCUT2D eigenvalue weighted by Gasteiger charge is 2.30. The number of carbonyl (C=O) groups excluding carboxylic acids is 1. The number of aromatic nitrogens is 2. The molecule has 0 saturated carbocycles. The van der Waals surface area contributed by atoms with Gasteiger partial charge in [0, 0.05) is 37.1 Å². The summed E-state index contributed by atoms with van der Waals surface area (Å²) >= 11 is 0. The fourth-order valence-corrected chi connectivity index (χ4v) is 3.25. The first kappa shape index (κ1) is 25.6. The summed E-state index contributed by atoms with van der Waals surface area (Å²) in [6.45, 7) is 2.00. The molecule has 0 atom stereocenters. The molecule has 5 N–H and O–H groups in total. The van der Waals surface area contributed by atoms with Gasteiger partial charge in [-0.1, -0.05) is 18.2 Å². The van der Waals surface area contributed by atoms with E-state index in [1.807, 2.05) is 0 Å². The lowest BCUT2D eigenvalue weighted by Crippen LogP contribution is -2.14. The third kappa shape index (κ3) is 6.76. The number of hydrogen-bond donors (Lipinski definition) is 4. The number of nitrogens with one attached hydrogen (secondary N) is 3. The van der Waals surface area contributed by atoms with Gasteiger partial charge in [-0.3, -0.25) is 10.2 Å². The standard InChI is InChI=1S/C20H17F3N6O.C4H8O/c1-26-18-15(17(25)27-10-28-18)16(24)11-5-7-14(8-6-11)29-19(30)12-3-2-4-13(9-12)20(21,22)23;1-2-4-5-3-1/h2-10,24H,1H3,(H,29,30)(H3,25,26,27,28);1-4H2. The van der Waals surface area contributed by atoms with Gasteiger partial charge in [0.05, 0.1) is 16.8 Å². The molecule has 2 heterocycles. The Morgan fingerprint density at radius 3 is 2.31 bits per heavy atom. The smallest absolute Gasteiger partial charge is 0.383 e. The molecule has 0 aliphatic carbocycles. The molecule has 4 rings (SSSR count). The van der Waals surface area contributed by atoms with Gasteiger partial charge >= 0.3 is 6.18 Å². The Labute approximate surface area is 200 Å². The van der Waals surface area contributed by atoms with E-state index in [0.717, 1.165) is 25.3 Å². The molecule has 1 aliphatic heterocycles. The van der Waals surface area contributed by atoms with Crippen molar-refractivity contribution in [1.29, 1.82) is 5.41 Å². The fourth-order valence-electron chi connectivity index (χ4n) is 3.25. The maximum atomic E-state index is 12.8. The molecule has 0 spiro atoms. The first-order valence-corrected chi connectivity index (χ1v) is 10.7. The summed E-state index contributed by atoms with van der Waals surface area (Å²) in [6, 6.07) is 10.4. The van der Waals surface area contributed by atoms with Gasteiger partial charge < -0.3 is 21.1 Å². The number of amides is 1. The Hall–Kier alpha value is -3.99. The van der Waals surface area contributed by atoms with Gasteiger partial charge in [0.1, 0.15) is 18.0 Å². The average molecular weight is 486 g/mol. The zero-order valence-corrected chi connectivity index (χ0v) is 18.9. The molecule has 8 nitrogen and oxygen atoms in total. The summed E-state index contributed by atoms with van der Waals surface area (Å²) in [6.07, 6.45) is -0.697. The van der Waals surface area contributed by atoms with Crippen LogP contribution in [0.5, 0.6) is 0 Å². The van der Waals surface area contributed by atoms with Gasteiger partial charge in [0.2, 0.25) is 0 Å². The predicted molar refractivity (Wildman–Crippen MR) is 128 cm³/mol. The number of nitrogens with zero attached hydrogens (tertiary/aromatic N) is 2. The van der Waals surface area contributed by atoms with Gasteiger partial charge in [-0.05, 0) is 43.2 Å². The minimum atomic E-state index is -4.53. The summed E-state index contributed by atoms with van der Waals surface area (Å²) in [4.78, 5) is 20.2. The van der Waals surface area contributed by atoms with E-state index in [1.54, 1.807) is 19.2 Å². The molecule has 0 bridgehead atoms. The Balaban J connectivity index is 0.000000607. The van der Waals surface area contributed by atoms with Crippen LogP contribution in [0.4, 0.5) is 30.5 Å². The van der Waals surface area contributed by atoms with Crippen molar-refractivity contribution in [2.75, 3.05) is 36.6 Å². The second-order valence-electron chi connectivity index (χ2n) is 7.54. The average Bonchev–Trinajstić information content (AvgIpc) is 3.44. The molecule has 1 amide bonds. The Morgan fingerprint density at radius 2 is 1.74 bits per heavy atom. The number of ether oxygens (including phenoxy) is 1. The lowest BCUT2D eigenvalue weighted by atomic mass is 10.0. The fraction of sp³-hybridized carbons (Fsp3) is 0.250. The van der Waals surface area contributed by atoms with E-state index in [9.17, 15) is 18.0 Å². The van der Waals surface area contributed by atoms with Crippen molar-refractivity contribution < 1.29 is 22.7 Å². The van der Waals surface area contributed by atoms with E-state index >= 15 is 0 Å². The summed E-state index contributed by atoms with van der Waals surface area (Å²) < 4.78 is 43.4. The van der Waals surface area contributed by atoms with Crippen LogP contribution in [-0.2, 0) is 10.9 Å². The number of alkyl halides is 3. The molecule has 184 valence electrons. The molecule has 3 aromatic rings. The number of nitrogens with two attached hydrogens (primary N) is 1. The van der Waals surface area contributed by atoms with Crippen LogP contribution in [0.1, 0.15) is 39.9 Å². The van der Waals surface area contributed by atoms with E-state index in [2.05, 4.69) is 20.6 Å². The molecule has 1 aliphatic rings. The lowest BCUT2D eigenvalue weighted by molar-refractivity contribution is -0.137. The monoisotopic (exact) mass is 486 g/mol. The molecule has 2 aromatic carbocycles. The van der Waals surface area contributed by atoms with E-state index in [0.29, 0.717) is 22.6 Å². The van der Waals surface area contributed by atoms with Gasteiger partial charge in [0.15, 0.2) is 0 Å². The quantitative estimate of drug-likeness (QED) is 0.391. The molecule has 35 heavy (non-hydrogen) atoms. The Morgan fingerprint density at radius 1 is 1.06 bits per heavy atom. The van der Waals surface area contributed by atoms with E-state index < -0.39 is 17.6 Å². The highest BCUT2D eigenvalue weighted by Crippen LogP contribution is 2.29.